The zero-order valence-corrected chi connectivity index (χ0v) is 14.5. The SMILES string of the molecule is CN(Cc1ccccn1)C(=O)CC1CC2CCC(C1)N2.Cl.Cl. The van der Waals surface area contributed by atoms with Gasteiger partial charge in [0.15, 0.2) is 0 Å². The van der Waals surface area contributed by atoms with Gasteiger partial charge in [-0.1, -0.05) is 6.07 Å². The van der Waals surface area contributed by atoms with Gasteiger partial charge in [-0.05, 0) is 43.7 Å². The van der Waals surface area contributed by atoms with Crippen molar-refractivity contribution in [2.75, 3.05) is 7.05 Å². The van der Waals surface area contributed by atoms with Gasteiger partial charge >= 0.3 is 0 Å². The van der Waals surface area contributed by atoms with Crippen LogP contribution in [0.25, 0.3) is 0 Å². The lowest BCUT2D eigenvalue weighted by Crippen LogP contribution is -2.40. The Bertz CT molecular complexity index is 460. The topological polar surface area (TPSA) is 45.2 Å². The van der Waals surface area contributed by atoms with Gasteiger partial charge in [0.1, 0.15) is 0 Å². The first kappa shape index (κ1) is 19.2. The standard InChI is InChI=1S/C16H23N3O.2ClH/c1-19(11-15-4-2-3-7-17-15)16(20)10-12-8-13-5-6-14(9-12)18-13;;/h2-4,7,12-14,18H,5-6,8-11H2,1H3;2*1H. The number of halogens is 2. The van der Waals surface area contributed by atoms with Gasteiger partial charge in [0, 0.05) is 31.7 Å². The van der Waals surface area contributed by atoms with Gasteiger partial charge in [0.05, 0.1) is 12.2 Å². The number of carbonyl (C=O) groups excluding carboxylic acids is 1. The van der Waals surface area contributed by atoms with E-state index in [1.54, 1.807) is 6.20 Å². The predicted octanol–water partition coefficient (Wildman–Crippen LogP) is 2.80. The Kier molecular flexibility index (Phi) is 7.60. The van der Waals surface area contributed by atoms with Crippen LogP contribution in [0.4, 0.5) is 0 Å². The Labute approximate surface area is 144 Å². The van der Waals surface area contributed by atoms with Gasteiger partial charge in [0.25, 0.3) is 0 Å². The normalized spacial score (nSPS) is 25.8. The molecule has 6 heteroatoms. The van der Waals surface area contributed by atoms with E-state index < -0.39 is 0 Å². The fraction of sp³-hybridized carbons (Fsp3) is 0.625. The van der Waals surface area contributed by atoms with E-state index in [2.05, 4.69) is 10.3 Å². The van der Waals surface area contributed by atoms with Crippen LogP contribution >= 0.6 is 24.8 Å². The van der Waals surface area contributed by atoms with Crippen LogP contribution in [0.2, 0.25) is 0 Å². The van der Waals surface area contributed by atoms with E-state index in [-0.39, 0.29) is 30.7 Å². The van der Waals surface area contributed by atoms with Crippen molar-refractivity contribution in [1.29, 1.82) is 0 Å². The lowest BCUT2D eigenvalue weighted by Gasteiger charge is -2.29. The zero-order chi connectivity index (χ0) is 13.9. The van der Waals surface area contributed by atoms with E-state index in [0.29, 0.717) is 31.0 Å². The summed E-state index contributed by atoms with van der Waals surface area (Å²) in [6.45, 7) is 0.609. The molecule has 2 atom stereocenters. The fourth-order valence-corrected chi connectivity index (χ4v) is 3.57. The van der Waals surface area contributed by atoms with E-state index in [1.807, 2.05) is 30.1 Å². The maximum atomic E-state index is 12.3. The molecule has 4 nitrogen and oxygen atoms in total. The van der Waals surface area contributed by atoms with E-state index in [9.17, 15) is 4.79 Å². The number of pyridine rings is 1. The highest BCUT2D eigenvalue weighted by Crippen LogP contribution is 2.32. The fourth-order valence-electron chi connectivity index (χ4n) is 3.57. The number of aromatic nitrogens is 1. The molecule has 0 spiro atoms. The molecule has 2 unspecified atom stereocenters. The van der Waals surface area contributed by atoms with E-state index in [4.69, 9.17) is 0 Å². The number of carbonyl (C=O) groups is 1. The molecule has 2 aliphatic rings. The first-order valence-electron chi connectivity index (χ1n) is 7.60. The molecular weight excluding hydrogens is 321 g/mol. The number of nitrogens with one attached hydrogen (secondary N) is 1. The van der Waals surface area contributed by atoms with Crippen LogP contribution in [0, 0.1) is 5.92 Å². The summed E-state index contributed by atoms with van der Waals surface area (Å²) in [5.74, 6) is 0.814. The molecule has 22 heavy (non-hydrogen) atoms. The van der Waals surface area contributed by atoms with Gasteiger partial charge in [-0.15, -0.1) is 24.8 Å². The highest BCUT2D eigenvalue weighted by molar-refractivity contribution is 5.85. The lowest BCUT2D eigenvalue weighted by molar-refractivity contribution is -0.131. The third-order valence-corrected chi connectivity index (χ3v) is 4.59. The summed E-state index contributed by atoms with van der Waals surface area (Å²) in [7, 11) is 1.88. The van der Waals surface area contributed by atoms with Gasteiger partial charge in [-0.25, -0.2) is 0 Å². The molecule has 2 saturated heterocycles. The van der Waals surface area contributed by atoms with Crippen molar-refractivity contribution in [1.82, 2.24) is 15.2 Å². The first-order chi connectivity index (χ1) is 9.70. The highest BCUT2D eigenvalue weighted by Gasteiger charge is 2.34. The molecule has 0 aliphatic carbocycles. The third-order valence-electron chi connectivity index (χ3n) is 4.59. The van der Waals surface area contributed by atoms with Crippen molar-refractivity contribution >= 4 is 30.7 Å². The van der Waals surface area contributed by atoms with Crippen LogP contribution in [-0.2, 0) is 11.3 Å². The summed E-state index contributed by atoms with van der Waals surface area (Å²) in [5.41, 5.74) is 0.953. The van der Waals surface area contributed by atoms with Gasteiger partial charge in [0.2, 0.25) is 5.91 Å². The van der Waals surface area contributed by atoms with Crippen LogP contribution < -0.4 is 5.32 Å². The number of nitrogens with zero attached hydrogens (tertiary/aromatic N) is 2. The van der Waals surface area contributed by atoms with Crippen LogP contribution in [0.5, 0.6) is 0 Å². The quantitative estimate of drug-likeness (QED) is 0.912. The maximum Gasteiger partial charge on any atom is 0.222 e. The molecule has 124 valence electrons. The summed E-state index contributed by atoms with van der Waals surface area (Å²) in [6, 6.07) is 7.15. The van der Waals surface area contributed by atoms with Crippen LogP contribution in [0.1, 0.15) is 37.8 Å². The molecule has 2 aliphatic heterocycles. The third kappa shape index (κ3) is 4.83. The van der Waals surface area contributed by atoms with Crippen molar-refractivity contribution in [2.24, 2.45) is 5.92 Å². The van der Waals surface area contributed by atoms with Crippen molar-refractivity contribution < 1.29 is 4.79 Å². The highest BCUT2D eigenvalue weighted by atomic mass is 35.5. The molecule has 0 radical (unpaired) electrons. The molecule has 0 saturated carbocycles. The predicted molar refractivity (Wildman–Crippen MR) is 92.5 cm³/mol. The van der Waals surface area contributed by atoms with E-state index in [0.717, 1.165) is 5.69 Å². The average Bonchev–Trinajstić information content (AvgIpc) is 2.79. The number of amides is 1. The monoisotopic (exact) mass is 345 g/mol. The first-order valence-corrected chi connectivity index (χ1v) is 7.60. The minimum Gasteiger partial charge on any atom is -0.340 e. The Morgan fingerprint density at radius 3 is 2.55 bits per heavy atom. The summed E-state index contributed by atoms with van der Waals surface area (Å²) in [5, 5.41) is 3.63. The van der Waals surface area contributed by atoms with Crippen molar-refractivity contribution in [3.63, 3.8) is 0 Å². The molecule has 1 amide bonds. The lowest BCUT2D eigenvalue weighted by atomic mass is 9.89. The maximum absolute atomic E-state index is 12.3. The molecule has 2 bridgehead atoms. The number of hydrogen-bond acceptors (Lipinski definition) is 3. The van der Waals surface area contributed by atoms with E-state index in [1.165, 1.54) is 25.7 Å². The second kappa shape index (κ2) is 8.70. The van der Waals surface area contributed by atoms with Gasteiger partial charge in [-0.3, -0.25) is 9.78 Å². The summed E-state index contributed by atoms with van der Waals surface area (Å²) >= 11 is 0. The Balaban J connectivity index is 0.00000121. The van der Waals surface area contributed by atoms with Crippen molar-refractivity contribution in [3.8, 4) is 0 Å². The molecular formula is C16H25Cl2N3O. The molecule has 2 fully saturated rings. The second-order valence-electron chi connectivity index (χ2n) is 6.25. The van der Waals surface area contributed by atoms with Crippen LogP contribution in [0.3, 0.4) is 0 Å². The largest absolute Gasteiger partial charge is 0.340 e. The molecule has 0 aromatic carbocycles. The number of rotatable bonds is 4. The Morgan fingerprint density at radius 2 is 1.95 bits per heavy atom. The van der Waals surface area contributed by atoms with Crippen molar-refractivity contribution in [2.45, 2.75) is 50.7 Å². The zero-order valence-electron chi connectivity index (χ0n) is 12.9. The number of hydrogen-bond donors (Lipinski definition) is 1. The average molecular weight is 346 g/mol. The Morgan fingerprint density at radius 1 is 1.27 bits per heavy atom. The van der Waals surface area contributed by atoms with Crippen LogP contribution in [-0.4, -0.2) is 34.9 Å². The smallest absolute Gasteiger partial charge is 0.222 e. The summed E-state index contributed by atoms with van der Waals surface area (Å²) in [6.07, 6.45) is 7.38. The van der Waals surface area contributed by atoms with Crippen molar-refractivity contribution in [3.05, 3.63) is 30.1 Å². The molecule has 1 N–H and O–H groups in total. The minimum absolute atomic E-state index is 0. The number of fused-ring (bicyclic) bond motifs is 2. The molecule has 1 aromatic rings. The van der Waals surface area contributed by atoms with Gasteiger partial charge < -0.3 is 10.2 Å². The summed E-state index contributed by atoms with van der Waals surface area (Å²) < 4.78 is 0. The number of piperidine rings is 1. The second-order valence-corrected chi connectivity index (χ2v) is 6.25. The molecule has 3 rings (SSSR count). The molecule has 1 aromatic heterocycles. The molecule has 3 heterocycles. The Hall–Kier alpha value is -0.840. The van der Waals surface area contributed by atoms with Gasteiger partial charge in [-0.2, -0.15) is 0 Å². The van der Waals surface area contributed by atoms with Crippen LogP contribution in [0.15, 0.2) is 24.4 Å². The summed E-state index contributed by atoms with van der Waals surface area (Å²) in [4.78, 5) is 18.4. The minimum atomic E-state index is 0. The van der Waals surface area contributed by atoms with E-state index >= 15 is 0 Å².